The second kappa shape index (κ2) is 5.44. The van der Waals surface area contributed by atoms with E-state index in [2.05, 4.69) is 5.32 Å². The van der Waals surface area contributed by atoms with Crippen LogP contribution in [-0.4, -0.2) is 44.1 Å². The number of piperidine rings is 1. The Morgan fingerprint density at radius 1 is 1.30 bits per heavy atom. The quantitative estimate of drug-likeness (QED) is 0.895. The molecule has 1 spiro atoms. The van der Waals surface area contributed by atoms with Gasteiger partial charge in [-0.05, 0) is 49.4 Å². The van der Waals surface area contributed by atoms with E-state index in [9.17, 15) is 4.79 Å². The number of amides is 1. The molecule has 1 aromatic rings. The number of carbonyl (C=O) groups is 1. The van der Waals surface area contributed by atoms with E-state index in [0.717, 1.165) is 50.3 Å². The van der Waals surface area contributed by atoms with E-state index >= 15 is 0 Å². The third-order valence-electron chi connectivity index (χ3n) is 4.76. The van der Waals surface area contributed by atoms with Crippen LogP contribution < -0.4 is 10.1 Å². The van der Waals surface area contributed by atoms with Crippen molar-refractivity contribution in [1.29, 1.82) is 0 Å². The molecule has 0 aromatic heterocycles. The SMILES string of the molecule is COc1cccc(C(=O)N2CCC3(CCNC3)CC2)c1. The van der Waals surface area contributed by atoms with E-state index in [1.807, 2.05) is 29.2 Å². The molecular weight excluding hydrogens is 252 g/mol. The van der Waals surface area contributed by atoms with Gasteiger partial charge in [-0.1, -0.05) is 6.07 Å². The Labute approximate surface area is 120 Å². The van der Waals surface area contributed by atoms with E-state index in [4.69, 9.17) is 4.74 Å². The third kappa shape index (κ3) is 2.52. The highest BCUT2D eigenvalue weighted by atomic mass is 16.5. The first-order valence-corrected chi connectivity index (χ1v) is 7.37. The number of methoxy groups -OCH3 is 1. The summed E-state index contributed by atoms with van der Waals surface area (Å²) >= 11 is 0. The predicted molar refractivity (Wildman–Crippen MR) is 78.1 cm³/mol. The average Bonchev–Trinajstić information content (AvgIpc) is 2.96. The summed E-state index contributed by atoms with van der Waals surface area (Å²) in [5, 5.41) is 3.45. The maximum atomic E-state index is 12.5. The molecule has 2 saturated heterocycles. The van der Waals surface area contributed by atoms with Gasteiger partial charge in [0.25, 0.3) is 5.91 Å². The summed E-state index contributed by atoms with van der Waals surface area (Å²) in [4.78, 5) is 14.5. The van der Waals surface area contributed by atoms with Gasteiger partial charge in [0.2, 0.25) is 0 Å². The van der Waals surface area contributed by atoms with Crippen LogP contribution in [0.2, 0.25) is 0 Å². The molecule has 1 aromatic carbocycles. The molecule has 0 bridgehead atoms. The molecule has 4 nitrogen and oxygen atoms in total. The minimum atomic E-state index is 0.129. The Kier molecular flexibility index (Phi) is 3.66. The Morgan fingerprint density at radius 3 is 2.75 bits per heavy atom. The summed E-state index contributed by atoms with van der Waals surface area (Å²) < 4.78 is 5.19. The van der Waals surface area contributed by atoms with Gasteiger partial charge in [0.1, 0.15) is 5.75 Å². The van der Waals surface area contributed by atoms with Crippen molar-refractivity contribution in [1.82, 2.24) is 10.2 Å². The number of ether oxygens (including phenoxy) is 1. The lowest BCUT2D eigenvalue weighted by Crippen LogP contribution is -2.44. The zero-order chi connectivity index (χ0) is 14.0. The van der Waals surface area contributed by atoms with Crippen LogP contribution >= 0.6 is 0 Å². The fourth-order valence-electron chi connectivity index (χ4n) is 3.35. The van der Waals surface area contributed by atoms with Crippen molar-refractivity contribution in [2.24, 2.45) is 5.41 Å². The summed E-state index contributed by atoms with van der Waals surface area (Å²) in [7, 11) is 1.63. The third-order valence-corrected chi connectivity index (χ3v) is 4.76. The standard InChI is InChI=1S/C16H22N2O2/c1-20-14-4-2-3-13(11-14)15(19)18-9-6-16(7-10-18)5-8-17-12-16/h2-4,11,17H,5-10,12H2,1H3. The van der Waals surface area contributed by atoms with Crippen molar-refractivity contribution in [2.45, 2.75) is 19.3 Å². The largest absolute Gasteiger partial charge is 0.497 e. The fraction of sp³-hybridized carbons (Fsp3) is 0.562. The maximum Gasteiger partial charge on any atom is 0.253 e. The molecule has 0 aliphatic carbocycles. The number of carbonyl (C=O) groups excluding carboxylic acids is 1. The van der Waals surface area contributed by atoms with Crippen molar-refractivity contribution in [3.05, 3.63) is 29.8 Å². The van der Waals surface area contributed by atoms with Crippen LogP contribution in [0.25, 0.3) is 0 Å². The Bertz CT molecular complexity index is 485. The van der Waals surface area contributed by atoms with Gasteiger partial charge in [0, 0.05) is 25.2 Å². The van der Waals surface area contributed by atoms with E-state index in [1.54, 1.807) is 7.11 Å². The average molecular weight is 274 g/mol. The van der Waals surface area contributed by atoms with E-state index < -0.39 is 0 Å². The van der Waals surface area contributed by atoms with Gasteiger partial charge in [0.05, 0.1) is 7.11 Å². The fourth-order valence-corrected chi connectivity index (χ4v) is 3.35. The molecule has 108 valence electrons. The lowest BCUT2D eigenvalue weighted by Gasteiger charge is -2.38. The number of benzene rings is 1. The summed E-state index contributed by atoms with van der Waals surface area (Å²) in [6.45, 7) is 3.99. The van der Waals surface area contributed by atoms with Crippen LogP contribution in [0, 0.1) is 5.41 Å². The van der Waals surface area contributed by atoms with Gasteiger partial charge < -0.3 is 15.0 Å². The minimum Gasteiger partial charge on any atom is -0.497 e. The smallest absolute Gasteiger partial charge is 0.253 e. The van der Waals surface area contributed by atoms with Crippen molar-refractivity contribution >= 4 is 5.91 Å². The molecule has 1 N–H and O–H groups in total. The second-order valence-electron chi connectivity index (χ2n) is 5.95. The van der Waals surface area contributed by atoms with E-state index in [-0.39, 0.29) is 5.91 Å². The van der Waals surface area contributed by atoms with Crippen LogP contribution in [0.15, 0.2) is 24.3 Å². The lowest BCUT2D eigenvalue weighted by molar-refractivity contribution is 0.0607. The summed E-state index contributed by atoms with van der Waals surface area (Å²) in [5.74, 6) is 0.869. The Morgan fingerprint density at radius 2 is 2.10 bits per heavy atom. The molecule has 2 aliphatic rings. The van der Waals surface area contributed by atoms with Gasteiger partial charge in [-0.15, -0.1) is 0 Å². The number of hydrogen-bond acceptors (Lipinski definition) is 3. The highest BCUT2D eigenvalue weighted by Gasteiger charge is 2.38. The van der Waals surface area contributed by atoms with Crippen molar-refractivity contribution in [2.75, 3.05) is 33.3 Å². The van der Waals surface area contributed by atoms with E-state index in [0.29, 0.717) is 5.41 Å². The summed E-state index contributed by atoms with van der Waals surface area (Å²) in [5.41, 5.74) is 1.18. The van der Waals surface area contributed by atoms with Gasteiger partial charge in [0.15, 0.2) is 0 Å². The number of rotatable bonds is 2. The van der Waals surface area contributed by atoms with Crippen molar-refractivity contribution in [3.8, 4) is 5.75 Å². The van der Waals surface area contributed by atoms with Crippen LogP contribution in [0.1, 0.15) is 29.6 Å². The van der Waals surface area contributed by atoms with Gasteiger partial charge in [-0.3, -0.25) is 4.79 Å². The highest BCUT2D eigenvalue weighted by Crippen LogP contribution is 2.37. The molecule has 0 saturated carbocycles. The summed E-state index contributed by atoms with van der Waals surface area (Å²) in [6, 6.07) is 7.43. The van der Waals surface area contributed by atoms with Crippen LogP contribution in [-0.2, 0) is 0 Å². The molecule has 2 fully saturated rings. The van der Waals surface area contributed by atoms with Crippen molar-refractivity contribution < 1.29 is 9.53 Å². The van der Waals surface area contributed by atoms with Crippen LogP contribution in [0.5, 0.6) is 5.75 Å². The Balaban J connectivity index is 1.66. The maximum absolute atomic E-state index is 12.5. The lowest BCUT2D eigenvalue weighted by atomic mass is 9.78. The molecule has 2 aliphatic heterocycles. The molecule has 2 heterocycles. The number of nitrogens with one attached hydrogen (secondary N) is 1. The molecule has 20 heavy (non-hydrogen) atoms. The second-order valence-corrected chi connectivity index (χ2v) is 5.95. The number of likely N-dealkylation sites (tertiary alicyclic amines) is 1. The zero-order valence-electron chi connectivity index (χ0n) is 12.0. The minimum absolute atomic E-state index is 0.129. The first kappa shape index (κ1) is 13.4. The zero-order valence-corrected chi connectivity index (χ0v) is 12.0. The van der Waals surface area contributed by atoms with Crippen LogP contribution in [0.4, 0.5) is 0 Å². The molecule has 4 heteroatoms. The number of nitrogens with zero attached hydrogens (tertiary/aromatic N) is 1. The summed E-state index contributed by atoms with van der Waals surface area (Å²) in [6.07, 6.45) is 3.50. The van der Waals surface area contributed by atoms with Crippen molar-refractivity contribution in [3.63, 3.8) is 0 Å². The molecular formula is C16H22N2O2. The van der Waals surface area contributed by atoms with Gasteiger partial charge in [-0.2, -0.15) is 0 Å². The number of hydrogen-bond donors (Lipinski definition) is 1. The first-order chi connectivity index (χ1) is 9.72. The monoisotopic (exact) mass is 274 g/mol. The first-order valence-electron chi connectivity index (χ1n) is 7.37. The molecule has 3 rings (SSSR count). The van der Waals surface area contributed by atoms with Crippen LogP contribution in [0.3, 0.4) is 0 Å². The normalized spacial score (nSPS) is 21.1. The molecule has 0 atom stereocenters. The van der Waals surface area contributed by atoms with E-state index in [1.165, 1.54) is 6.42 Å². The highest BCUT2D eigenvalue weighted by molar-refractivity contribution is 5.94. The predicted octanol–water partition coefficient (Wildman–Crippen LogP) is 1.91. The topological polar surface area (TPSA) is 41.6 Å². The van der Waals surface area contributed by atoms with Gasteiger partial charge >= 0.3 is 0 Å². The molecule has 0 unspecified atom stereocenters. The molecule has 1 amide bonds. The van der Waals surface area contributed by atoms with Gasteiger partial charge in [-0.25, -0.2) is 0 Å². The Hall–Kier alpha value is -1.55. The molecule has 0 radical (unpaired) electrons.